The van der Waals surface area contributed by atoms with Gasteiger partial charge < -0.3 is 15.3 Å². The summed E-state index contributed by atoms with van der Waals surface area (Å²) in [6, 6.07) is 0. The summed E-state index contributed by atoms with van der Waals surface area (Å²) in [6.45, 7) is 14.0. The molecule has 4 nitrogen and oxygen atoms in total. The molecule has 4 saturated carbocycles. The van der Waals surface area contributed by atoms with E-state index in [1.54, 1.807) is 0 Å². The van der Waals surface area contributed by atoms with Gasteiger partial charge in [0.05, 0.1) is 11.5 Å². The molecule has 192 valence electrons. The fourth-order valence-corrected chi connectivity index (χ4v) is 10.7. The van der Waals surface area contributed by atoms with Crippen molar-refractivity contribution in [2.75, 3.05) is 6.61 Å². The Morgan fingerprint density at radius 1 is 0.941 bits per heavy atom. The standard InChI is InChI=1S/C30H48O4/c1-25(2)21-9-12-29(6)22(28(21,5)11-10-23(25)32)8-7-19-20-17-26(3,18-31)13-14-27(20,4)15-16-30(19,29)24(33)34/h7,20-23,31-32H,8-18H2,1-6H3,(H,33,34). The van der Waals surface area contributed by atoms with E-state index >= 15 is 0 Å². The highest BCUT2D eigenvalue weighted by molar-refractivity contribution is 5.81. The molecule has 4 heteroatoms. The third-order valence-electron chi connectivity index (χ3n) is 13.1. The lowest BCUT2D eigenvalue weighted by Gasteiger charge is -2.70. The molecule has 5 rings (SSSR count). The first kappa shape index (κ1) is 24.8. The number of carboxylic acids is 1. The molecule has 0 aromatic carbocycles. The van der Waals surface area contributed by atoms with Crippen molar-refractivity contribution in [2.45, 2.75) is 112 Å². The van der Waals surface area contributed by atoms with Gasteiger partial charge in [-0.3, -0.25) is 4.79 Å². The van der Waals surface area contributed by atoms with E-state index in [4.69, 9.17) is 0 Å². The van der Waals surface area contributed by atoms with E-state index in [0.29, 0.717) is 11.8 Å². The molecular formula is C30H48O4. The van der Waals surface area contributed by atoms with E-state index in [9.17, 15) is 20.1 Å². The molecular weight excluding hydrogens is 424 g/mol. The van der Waals surface area contributed by atoms with Crippen LogP contribution in [0.5, 0.6) is 0 Å². The van der Waals surface area contributed by atoms with Crippen LogP contribution in [0.4, 0.5) is 0 Å². The van der Waals surface area contributed by atoms with Crippen LogP contribution in [0.2, 0.25) is 0 Å². The van der Waals surface area contributed by atoms with Crippen LogP contribution in [0.25, 0.3) is 0 Å². The van der Waals surface area contributed by atoms with Gasteiger partial charge in [0, 0.05) is 6.61 Å². The van der Waals surface area contributed by atoms with Crippen molar-refractivity contribution in [2.24, 2.45) is 50.2 Å². The number of hydrogen-bond donors (Lipinski definition) is 3. The van der Waals surface area contributed by atoms with Crippen molar-refractivity contribution in [1.29, 1.82) is 0 Å². The van der Waals surface area contributed by atoms with E-state index in [2.05, 4.69) is 47.6 Å². The molecule has 34 heavy (non-hydrogen) atoms. The van der Waals surface area contributed by atoms with Crippen molar-refractivity contribution in [3.05, 3.63) is 11.6 Å². The Kier molecular flexibility index (Phi) is 5.36. The average Bonchev–Trinajstić information content (AvgIpc) is 2.77. The van der Waals surface area contributed by atoms with Crippen molar-refractivity contribution in [3.63, 3.8) is 0 Å². The predicted molar refractivity (Wildman–Crippen MR) is 134 cm³/mol. The number of carboxylic acid groups (broad SMARTS) is 1. The van der Waals surface area contributed by atoms with Gasteiger partial charge in [0.25, 0.3) is 0 Å². The minimum Gasteiger partial charge on any atom is -0.481 e. The molecule has 0 aromatic heterocycles. The van der Waals surface area contributed by atoms with Crippen molar-refractivity contribution in [3.8, 4) is 0 Å². The Morgan fingerprint density at radius 3 is 2.26 bits per heavy atom. The number of aliphatic hydroxyl groups excluding tert-OH is 2. The molecule has 9 unspecified atom stereocenters. The summed E-state index contributed by atoms with van der Waals surface area (Å²) in [5, 5.41) is 32.2. The number of aliphatic hydroxyl groups is 2. The Morgan fingerprint density at radius 2 is 1.62 bits per heavy atom. The van der Waals surface area contributed by atoms with Crippen LogP contribution < -0.4 is 0 Å². The normalized spacial score (nSPS) is 54.1. The van der Waals surface area contributed by atoms with Gasteiger partial charge >= 0.3 is 5.97 Å². The zero-order chi connectivity index (χ0) is 24.9. The average molecular weight is 473 g/mol. The van der Waals surface area contributed by atoms with Crippen molar-refractivity contribution >= 4 is 5.97 Å². The Hall–Kier alpha value is -0.870. The molecule has 0 heterocycles. The van der Waals surface area contributed by atoms with Crippen LogP contribution >= 0.6 is 0 Å². The summed E-state index contributed by atoms with van der Waals surface area (Å²) in [4.78, 5) is 13.5. The van der Waals surface area contributed by atoms with Crippen molar-refractivity contribution < 1.29 is 20.1 Å². The first-order valence-electron chi connectivity index (χ1n) is 13.9. The smallest absolute Gasteiger partial charge is 0.314 e. The van der Waals surface area contributed by atoms with E-state index in [-0.39, 0.29) is 45.7 Å². The van der Waals surface area contributed by atoms with Crippen LogP contribution in [-0.4, -0.2) is 34.0 Å². The van der Waals surface area contributed by atoms with Crippen LogP contribution in [0.15, 0.2) is 11.6 Å². The number of rotatable bonds is 2. The zero-order valence-corrected chi connectivity index (χ0v) is 22.4. The molecule has 3 N–H and O–H groups in total. The second-order valence-corrected chi connectivity index (χ2v) is 14.9. The molecule has 0 aromatic rings. The number of carbonyl (C=O) groups is 1. The van der Waals surface area contributed by atoms with E-state index < -0.39 is 11.4 Å². The lowest BCUT2D eigenvalue weighted by molar-refractivity contribution is -0.214. The summed E-state index contributed by atoms with van der Waals surface area (Å²) in [6.07, 6.45) is 11.5. The molecule has 0 saturated heterocycles. The Balaban J connectivity index is 1.63. The minimum atomic E-state index is -0.804. The maximum Gasteiger partial charge on any atom is 0.314 e. The largest absolute Gasteiger partial charge is 0.481 e. The van der Waals surface area contributed by atoms with E-state index in [1.165, 1.54) is 5.57 Å². The number of hydrogen-bond acceptors (Lipinski definition) is 3. The zero-order valence-electron chi connectivity index (χ0n) is 22.4. The van der Waals surface area contributed by atoms with E-state index in [1.807, 2.05) is 0 Å². The molecule has 4 fully saturated rings. The lowest BCUT2D eigenvalue weighted by Crippen LogP contribution is -2.67. The van der Waals surface area contributed by atoms with Gasteiger partial charge in [-0.2, -0.15) is 0 Å². The van der Waals surface area contributed by atoms with Gasteiger partial charge in [0.2, 0.25) is 0 Å². The maximum atomic E-state index is 13.5. The summed E-state index contributed by atoms with van der Waals surface area (Å²) in [7, 11) is 0. The van der Waals surface area contributed by atoms with Crippen molar-refractivity contribution in [1.82, 2.24) is 0 Å². The maximum absolute atomic E-state index is 13.5. The monoisotopic (exact) mass is 472 g/mol. The third-order valence-corrected chi connectivity index (χ3v) is 13.1. The Labute approximate surface area is 206 Å². The van der Waals surface area contributed by atoms with Crippen LogP contribution in [-0.2, 0) is 4.79 Å². The molecule has 5 aliphatic rings. The third kappa shape index (κ3) is 2.88. The van der Waals surface area contributed by atoms with Crippen LogP contribution in [0.3, 0.4) is 0 Å². The number of aliphatic carboxylic acids is 1. The second-order valence-electron chi connectivity index (χ2n) is 14.9. The van der Waals surface area contributed by atoms with Gasteiger partial charge in [-0.25, -0.2) is 0 Å². The second kappa shape index (κ2) is 7.34. The molecule has 0 spiro atoms. The summed E-state index contributed by atoms with van der Waals surface area (Å²) >= 11 is 0. The van der Waals surface area contributed by atoms with Gasteiger partial charge in [-0.1, -0.05) is 53.2 Å². The summed E-state index contributed by atoms with van der Waals surface area (Å²) in [5.41, 5.74) is 0.0736. The molecule has 0 amide bonds. The number of allylic oxidation sites excluding steroid dienone is 1. The quantitative estimate of drug-likeness (QED) is 0.418. The molecule has 9 atom stereocenters. The summed E-state index contributed by atoms with van der Waals surface area (Å²) < 4.78 is 0. The topological polar surface area (TPSA) is 77.8 Å². The first-order chi connectivity index (χ1) is 15.7. The molecule has 0 bridgehead atoms. The van der Waals surface area contributed by atoms with Gasteiger partial charge in [0.15, 0.2) is 0 Å². The minimum absolute atomic E-state index is 0.0487. The Bertz CT molecular complexity index is 907. The predicted octanol–water partition coefficient (Wildman–Crippen LogP) is 6.21. The first-order valence-corrected chi connectivity index (χ1v) is 13.9. The van der Waals surface area contributed by atoms with Gasteiger partial charge in [-0.15, -0.1) is 0 Å². The highest BCUT2D eigenvalue weighted by atomic mass is 16.4. The van der Waals surface area contributed by atoms with Crippen LogP contribution in [0, 0.1) is 50.2 Å². The van der Waals surface area contributed by atoms with Gasteiger partial charge in [-0.05, 0) is 109 Å². The molecule has 5 aliphatic carbocycles. The summed E-state index contributed by atoms with van der Waals surface area (Å²) in [5.74, 6) is 0.379. The molecule has 0 radical (unpaired) electrons. The SMILES string of the molecule is CC1(CO)CCC2(C)CCC3(C(=O)O)C(=CCC4C5(C)CCC(O)C(C)(C)C5CCC43C)C2C1. The van der Waals surface area contributed by atoms with Crippen LogP contribution in [0.1, 0.15) is 106 Å². The molecule has 0 aliphatic heterocycles. The fraction of sp³-hybridized carbons (Fsp3) is 0.900. The van der Waals surface area contributed by atoms with Gasteiger partial charge in [0.1, 0.15) is 0 Å². The number of fused-ring (bicyclic) bond motifs is 7. The van der Waals surface area contributed by atoms with E-state index in [0.717, 1.165) is 64.2 Å². The lowest BCUT2D eigenvalue weighted by atomic mass is 9.33. The highest BCUT2D eigenvalue weighted by Crippen LogP contribution is 2.75. The highest BCUT2D eigenvalue weighted by Gasteiger charge is 2.71. The fourth-order valence-electron chi connectivity index (χ4n) is 10.7.